The van der Waals surface area contributed by atoms with Crippen LogP contribution in [0, 0.1) is 0 Å². The SMILES string of the molecule is N[C@H]1CC[C@H](NC(=O)Cc2cccnc2)CC1. The average molecular weight is 233 g/mol. The molecular formula is C13H19N3O. The molecule has 1 aliphatic carbocycles. The highest BCUT2D eigenvalue weighted by Crippen LogP contribution is 2.16. The van der Waals surface area contributed by atoms with Crippen molar-refractivity contribution in [2.45, 2.75) is 44.2 Å². The zero-order valence-corrected chi connectivity index (χ0v) is 9.93. The molecule has 0 bridgehead atoms. The number of nitrogens with one attached hydrogen (secondary N) is 1. The summed E-state index contributed by atoms with van der Waals surface area (Å²) in [5.41, 5.74) is 6.79. The molecule has 0 radical (unpaired) electrons. The van der Waals surface area contributed by atoms with Crippen LogP contribution < -0.4 is 11.1 Å². The molecule has 0 aliphatic heterocycles. The van der Waals surface area contributed by atoms with Gasteiger partial charge in [-0.25, -0.2) is 0 Å². The topological polar surface area (TPSA) is 68.0 Å². The van der Waals surface area contributed by atoms with Gasteiger partial charge >= 0.3 is 0 Å². The molecule has 1 aromatic heterocycles. The molecule has 1 aliphatic rings. The molecule has 1 saturated carbocycles. The van der Waals surface area contributed by atoms with Gasteiger partial charge in [-0.3, -0.25) is 9.78 Å². The second-order valence-corrected chi connectivity index (χ2v) is 4.72. The fourth-order valence-electron chi connectivity index (χ4n) is 2.23. The Balaban J connectivity index is 1.78. The fraction of sp³-hybridized carbons (Fsp3) is 0.538. The van der Waals surface area contributed by atoms with Gasteiger partial charge in [0.25, 0.3) is 0 Å². The minimum absolute atomic E-state index is 0.0819. The number of rotatable bonds is 3. The van der Waals surface area contributed by atoms with E-state index < -0.39 is 0 Å². The summed E-state index contributed by atoms with van der Waals surface area (Å²) < 4.78 is 0. The number of nitrogens with two attached hydrogens (primary N) is 1. The molecule has 1 fully saturated rings. The predicted molar refractivity (Wildman–Crippen MR) is 66.3 cm³/mol. The van der Waals surface area contributed by atoms with Crippen LogP contribution in [0.5, 0.6) is 0 Å². The van der Waals surface area contributed by atoms with E-state index in [0.29, 0.717) is 18.5 Å². The molecule has 2 rings (SSSR count). The lowest BCUT2D eigenvalue weighted by Gasteiger charge is -2.26. The first-order valence-corrected chi connectivity index (χ1v) is 6.18. The second-order valence-electron chi connectivity index (χ2n) is 4.72. The second kappa shape index (κ2) is 5.77. The Kier molecular flexibility index (Phi) is 4.09. The molecule has 0 spiro atoms. The summed E-state index contributed by atoms with van der Waals surface area (Å²) in [6, 6.07) is 4.39. The first-order chi connectivity index (χ1) is 8.24. The van der Waals surface area contributed by atoms with E-state index in [1.807, 2.05) is 12.1 Å². The molecule has 0 unspecified atom stereocenters. The Morgan fingerprint density at radius 2 is 2.18 bits per heavy atom. The monoisotopic (exact) mass is 233 g/mol. The van der Waals surface area contributed by atoms with Crippen LogP contribution >= 0.6 is 0 Å². The maximum absolute atomic E-state index is 11.8. The third-order valence-corrected chi connectivity index (χ3v) is 3.22. The van der Waals surface area contributed by atoms with Crippen LogP contribution in [-0.4, -0.2) is 23.0 Å². The maximum atomic E-state index is 11.8. The lowest BCUT2D eigenvalue weighted by atomic mass is 9.92. The minimum atomic E-state index is 0.0819. The highest BCUT2D eigenvalue weighted by Gasteiger charge is 2.19. The van der Waals surface area contributed by atoms with Crippen LogP contribution in [-0.2, 0) is 11.2 Å². The van der Waals surface area contributed by atoms with Crippen molar-refractivity contribution in [2.24, 2.45) is 5.73 Å². The molecular weight excluding hydrogens is 214 g/mol. The molecule has 1 aromatic rings. The third kappa shape index (κ3) is 3.82. The first-order valence-electron chi connectivity index (χ1n) is 6.18. The summed E-state index contributed by atoms with van der Waals surface area (Å²) in [4.78, 5) is 15.8. The van der Waals surface area contributed by atoms with E-state index in [1.54, 1.807) is 12.4 Å². The number of amides is 1. The van der Waals surface area contributed by atoms with Crippen molar-refractivity contribution in [3.63, 3.8) is 0 Å². The summed E-state index contributed by atoms with van der Waals surface area (Å²) in [5, 5.41) is 3.07. The fourth-order valence-corrected chi connectivity index (χ4v) is 2.23. The van der Waals surface area contributed by atoms with Gasteiger partial charge in [-0.05, 0) is 37.3 Å². The summed E-state index contributed by atoms with van der Waals surface area (Å²) in [6.07, 6.45) is 7.88. The van der Waals surface area contributed by atoms with Crippen LogP contribution in [0.2, 0.25) is 0 Å². The number of carbonyl (C=O) groups excluding carboxylic acids is 1. The number of pyridine rings is 1. The average Bonchev–Trinajstić information content (AvgIpc) is 2.33. The van der Waals surface area contributed by atoms with Crippen molar-refractivity contribution in [1.82, 2.24) is 10.3 Å². The lowest BCUT2D eigenvalue weighted by Crippen LogP contribution is -2.41. The zero-order chi connectivity index (χ0) is 12.1. The Morgan fingerprint density at radius 1 is 1.41 bits per heavy atom. The van der Waals surface area contributed by atoms with E-state index >= 15 is 0 Å². The van der Waals surface area contributed by atoms with Crippen LogP contribution in [0.15, 0.2) is 24.5 Å². The zero-order valence-electron chi connectivity index (χ0n) is 9.93. The number of nitrogens with zero attached hydrogens (tertiary/aromatic N) is 1. The van der Waals surface area contributed by atoms with Crippen molar-refractivity contribution in [3.05, 3.63) is 30.1 Å². The maximum Gasteiger partial charge on any atom is 0.224 e. The van der Waals surface area contributed by atoms with E-state index in [4.69, 9.17) is 5.73 Å². The minimum Gasteiger partial charge on any atom is -0.353 e. The summed E-state index contributed by atoms with van der Waals surface area (Å²) >= 11 is 0. The highest BCUT2D eigenvalue weighted by molar-refractivity contribution is 5.78. The van der Waals surface area contributed by atoms with E-state index in [-0.39, 0.29) is 5.91 Å². The molecule has 3 N–H and O–H groups in total. The van der Waals surface area contributed by atoms with Crippen molar-refractivity contribution >= 4 is 5.91 Å². The van der Waals surface area contributed by atoms with Gasteiger partial charge in [0.2, 0.25) is 5.91 Å². The first kappa shape index (κ1) is 12.0. The van der Waals surface area contributed by atoms with Gasteiger partial charge in [-0.2, -0.15) is 0 Å². The molecule has 0 saturated heterocycles. The van der Waals surface area contributed by atoms with E-state index in [9.17, 15) is 4.79 Å². The van der Waals surface area contributed by atoms with Gasteiger partial charge in [0.1, 0.15) is 0 Å². The molecule has 4 nitrogen and oxygen atoms in total. The number of hydrogen-bond donors (Lipinski definition) is 2. The summed E-state index contributed by atoms with van der Waals surface area (Å²) in [5.74, 6) is 0.0819. The standard InChI is InChI=1S/C13H19N3O/c14-11-3-5-12(6-4-11)16-13(17)8-10-2-1-7-15-9-10/h1-2,7,9,11-12H,3-6,8,14H2,(H,16,17)/t11-,12-. The van der Waals surface area contributed by atoms with Gasteiger partial charge in [0.15, 0.2) is 0 Å². The quantitative estimate of drug-likeness (QED) is 0.818. The van der Waals surface area contributed by atoms with Gasteiger partial charge in [0.05, 0.1) is 6.42 Å². The predicted octanol–water partition coefficient (Wildman–Crippen LogP) is 1.01. The van der Waals surface area contributed by atoms with Crippen LogP contribution in [0.3, 0.4) is 0 Å². The van der Waals surface area contributed by atoms with E-state index in [2.05, 4.69) is 10.3 Å². The van der Waals surface area contributed by atoms with Gasteiger partial charge in [-0.15, -0.1) is 0 Å². The largest absolute Gasteiger partial charge is 0.353 e. The molecule has 0 aromatic carbocycles. The number of hydrogen-bond acceptors (Lipinski definition) is 3. The Labute approximate surface area is 102 Å². The van der Waals surface area contributed by atoms with E-state index in [0.717, 1.165) is 31.2 Å². The Hall–Kier alpha value is -1.42. The summed E-state index contributed by atoms with van der Waals surface area (Å²) in [7, 11) is 0. The van der Waals surface area contributed by atoms with Crippen LogP contribution in [0.1, 0.15) is 31.2 Å². The van der Waals surface area contributed by atoms with Crippen LogP contribution in [0.25, 0.3) is 0 Å². The van der Waals surface area contributed by atoms with Crippen molar-refractivity contribution in [1.29, 1.82) is 0 Å². The molecule has 0 atom stereocenters. The molecule has 92 valence electrons. The molecule has 17 heavy (non-hydrogen) atoms. The smallest absolute Gasteiger partial charge is 0.224 e. The molecule has 1 heterocycles. The normalized spacial score (nSPS) is 24.3. The lowest BCUT2D eigenvalue weighted by molar-refractivity contribution is -0.121. The van der Waals surface area contributed by atoms with Gasteiger partial charge in [0, 0.05) is 24.5 Å². The number of aromatic nitrogens is 1. The van der Waals surface area contributed by atoms with Gasteiger partial charge in [-0.1, -0.05) is 6.07 Å². The van der Waals surface area contributed by atoms with Gasteiger partial charge < -0.3 is 11.1 Å². The van der Waals surface area contributed by atoms with Crippen molar-refractivity contribution in [3.8, 4) is 0 Å². The number of carbonyl (C=O) groups is 1. The van der Waals surface area contributed by atoms with Crippen molar-refractivity contribution < 1.29 is 4.79 Å². The third-order valence-electron chi connectivity index (χ3n) is 3.22. The van der Waals surface area contributed by atoms with Crippen molar-refractivity contribution in [2.75, 3.05) is 0 Å². The highest BCUT2D eigenvalue weighted by atomic mass is 16.1. The molecule has 4 heteroatoms. The van der Waals surface area contributed by atoms with Crippen LogP contribution in [0.4, 0.5) is 0 Å². The Morgan fingerprint density at radius 3 is 2.82 bits per heavy atom. The molecule has 1 amide bonds. The van der Waals surface area contributed by atoms with E-state index in [1.165, 1.54) is 0 Å². The Bertz CT molecular complexity index is 358. The summed E-state index contributed by atoms with van der Waals surface area (Å²) in [6.45, 7) is 0.